The van der Waals surface area contributed by atoms with Gasteiger partial charge in [0.1, 0.15) is 0 Å². The largest absolute Gasteiger partial charge is 0.298 e. The molecular formula is C11H22N4O. The summed E-state index contributed by atoms with van der Waals surface area (Å²) in [6, 6.07) is 1.10. The van der Waals surface area contributed by atoms with Crippen LogP contribution in [0.25, 0.3) is 0 Å². The normalized spacial score (nSPS) is 32.1. The number of nitrogens with two attached hydrogens (primary N) is 1. The third kappa shape index (κ3) is 2.53. The van der Waals surface area contributed by atoms with Crippen LogP contribution in [-0.4, -0.2) is 54.0 Å². The van der Waals surface area contributed by atoms with Crippen molar-refractivity contribution >= 4 is 5.91 Å². The Balaban J connectivity index is 1.92. The maximum absolute atomic E-state index is 11.3. The van der Waals surface area contributed by atoms with E-state index < -0.39 is 0 Å². The number of carbonyl (C=O) groups excluding carboxylic acids is 1. The van der Waals surface area contributed by atoms with E-state index in [9.17, 15) is 4.79 Å². The zero-order valence-corrected chi connectivity index (χ0v) is 9.98. The number of hydrazine groups is 1. The summed E-state index contributed by atoms with van der Waals surface area (Å²) in [4.78, 5) is 16.1. The van der Waals surface area contributed by atoms with Gasteiger partial charge in [-0.05, 0) is 26.3 Å². The Bertz CT molecular complexity index is 258. The van der Waals surface area contributed by atoms with Crippen molar-refractivity contribution in [2.75, 3.05) is 26.2 Å². The summed E-state index contributed by atoms with van der Waals surface area (Å²) >= 11 is 0. The molecule has 2 rings (SSSR count). The van der Waals surface area contributed by atoms with Gasteiger partial charge in [-0.25, -0.2) is 5.84 Å². The van der Waals surface area contributed by atoms with E-state index >= 15 is 0 Å². The van der Waals surface area contributed by atoms with E-state index in [0.29, 0.717) is 18.6 Å². The first kappa shape index (κ1) is 11.8. The number of piperazine rings is 1. The summed E-state index contributed by atoms with van der Waals surface area (Å²) in [6.45, 7) is 5.94. The quantitative estimate of drug-likeness (QED) is 0.380. The summed E-state index contributed by atoms with van der Waals surface area (Å²) in [5.74, 6) is 5.04. The minimum atomic E-state index is -0.0869. The van der Waals surface area contributed by atoms with Crippen molar-refractivity contribution < 1.29 is 4.79 Å². The SMILES string of the molecule is CC1CN2CCCCC2CN1CC(=O)NN. The highest BCUT2D eigenvalue weighted by Gasteiger charge is 2.33. The van der Waals surface area contributed by atoms with Crippen LogP contribution < -0.4 is 11.3 Å². The standard InChI is InChI=1S/C11H22N4O/c1-9-6-14-5-3-2-4-10(14)7-15(9)8-11(16)13-12/h9-10H,2-8,12H2,1H3,(H,13,16). The molecule has 0 aliphatic carbocycles. The molecule has 2 heterocycles. The zero-order chi connectivity index (χ0) is 11.5. The molecule has 2 aliphatic rings. The topological polar surface area (TPSA) is 61.6 Å². The number of amides is 1. The van der Waals surface area contributed by atoms with Gasteiger partial charge in [-0.3, -0.25) is 20.0 Å². The molecule has 0 saturated carbocycles. The molecule has 2 unspecified atom stereocenters. The van der Waals surface area contributed by atoms with Gasteiger partial charge in [0.25, 0.3) is 0 Å². The van der Waals surface area contributed by atoms with Gasteiger partial charge in [-0.1, -0.05) is 6.42 Å². The number of fused-ring (bicyclic) bond motifs is 1. The van der Waals surface area contributed by atoms with Gasteiger partial charge in [0.05, 0.1) is 6.54 Å². The lowest BCUT2D eigenvalue weighted by Crippen LogP contribution is -2.60. The number of hydrogen-bond acceptors (Lipinski definition) is 4. The summed E-state index contributed by atoms with van der Waals surface area (Å²) in [6.07, 6.45) is 3.92. The second-order valence-corrected chi connectivity index (χ2v) is 4.99. The molecule has 0 radical (unpaired) electrons. The molecule has 0 spiro atoms. The zero-order valence-electron chi connectivity index (χ0n) is 9.98. The Morgan fingerprint density at radius 3 is 3.00 bits per heavy atom. The van der Waals surface area contributed by atoms with Crippen molar-refractivity contribution in [3.8, 4) is 0 Å². The van der Waals surface area contributed by atoms with Crippen LogP contribution in [0.1, 0.15) is 26.2 Å². The van der Waals surface area contributed by atoms with E-state index in [2.05, 4.69) is 22.1 Å². The number of rotatable bonds is 2. The average molecular weight is 226 g/mol. The van der Waals surface area contributed by atoms with Crippen LogP contribution in [0, 0.1) is 0 Å². The molecule has 0 aromatic rings. The van der Waals surface area contributed by atoms with Crippen molar-refractivity contribution in [1.29, 1.82) is 0 Å². The Morgan fingerprint density at radius 2 is 2.25 bits per heavy atom. The van der Waals surface area contributed by atoms with Gasteiger partial charge in [-0.15, -0.1) is 0 Å². The minimum Gasteiger partial charge on any atom is -0.298 e. The molecule has 2 atom stereocenters. The summed E-state index contributed by atoms with van der Waals surface area (Å²) < 4.78 is 0. The van der Waals surface area contributed by atoms with Gasteiger partial charge in [0.15, 0.2) is 0 Å². The van der Waals surface area contributed by atoms with Crippen LogP contribution in [0.2, 0.25) is 0 Å². The Hall–Kier alpha value is -0.650. The van der Waals surface area contributed by atoms with Gasteiger partial charge in [0.2, 0.25) is 5.91 Å². The fraction of sp³-hybridized carbons (Fsp3) is 0.909. The van der Waals surface area contributed by atoms with E-state index in [-0.39, 0.29) is 5.91 Å². The number of nitrogens with zero attached hydrogens (tertiary/aromatic N) is 2. The van der Waals surface area contributed by atoms with Crippen molar-refractivity contribution in [3.05, 3.63) is 0 Å². The van der Waals surface area contributed by atoms with Crippen molar-refractivity contribution in [2.45, 2.75) is 38.3 Å². The molecule has 3 N–H and O–H groups in total. The first-order valence-corrected chi connectivity index (χ1v) is 6.18. The van der Waals surface area contributed by atoms with Crippen LogP contribution in [0.15, 0.2) is 0 Å². The molecule has 16 heavy (non-hydrogen) atoms. The monoisotopic (exact) mass is 226 g/mol. The number of hydrogen-bond donors (Lipinski definition) is 2. The molecule has 0 aromatic carbocycles. The second kappa shape index (κ2) is 5.12. The molecule has 5 nitrogen and oxygen atoms in total. The molecule has 2 aliphatic heterocycles. The fourth-order valence-electron chi connectivity index (χ4n) is 2.86. The molecule has 92 valence electrons. The summed E-state index contributed by atoms with van der Waals surface area (Å²) in [5.41, 5.74) is 2.21. The summed E-state index contributed by atoms with van der Waals surface area (Å²) in [5, 5.41) is 0. The summed E-state index contributed by atoms with van der Waals surface area (Å²) in [7, 11) is 0. The molecular weight excluding hydrogens is 204 g/mol. The van der Waals surface area contributed by atoms with E-state index in [1.165, 1.54) is 25.8 Å². The lowest BCUT2D eigenvalue weighted by Gasteiger charge is -2.47. The first-order valence-electron chi connectivity index (χ1n) is 6.18. The lowest BCUT2D eigenvalue weighted by molar-refractivity contribution is -0.124. The van der Waals surface area contributed by atoms with Crippen LogP contribution >= 0.6 is 0 Å². The van der Waals surface area contributed by atoms with E-state index in [1.807, 2.05) is 0 Å². The average Bonchev–Trinajstić information content (AvgIpc) is 2.30. The molecule has 5 heteroatoms. The Kier molecular flexibility index (Phi) is 3.78. The van der Waals surface area contributed by atoms with E-state index in [4.69, 9.17) is 5.84 Å². The van der Waals surface area contributed by atoms with Crippen molar-refractivity contribution in [1.82, 2.24) is 15.2 Å². The highest BCUT2D eigenvalue weighted by atomic mass is 16.2. The lowest BCUT2D eigenvalue weighted by atomic mass is 9.97. The fourth-order valence-corrected chi connectivity index (χ4v) is 2.86. The van der Waals surface area contributed by atoms with Crippen LogP contribution in [0.4, 0.5) is 0 Å². The van der Waals surface area contributed by atoms with E-state index in [0.717, 1.165) is 13.1 Å². The van der Waals surface area contributed by atoms with E-state index in [1.54, 1.807) is 0 Å². The van der Waals surface area contributed by atoms with Crippen LogP contribution in [0.5, 0.6) is 0 Å². The van der Waals surface area contributed by atoms with Crippen molar-refractivity contribution in [3.63, 3.8) is 0 Å². The predicted molar refractivity (Wildman–Crippen MR) is 62.6 cm³/mol. The highest BCUT2D eigenvalue weighted by Crippen LogP contribution is 2.23. The molecule has 2 saturated heterocycles. The van der Waals surface area contributed by atoms with Crippen LogP contribution in [0.3, 0.4) is 0 Å². The Labute approximate surface area is 96.9 Å². The number of piperidine rings is 1. The Morgan fingerprint density at radius 1 is 1.44 bits per heavy atom. The van der Waals surface area contributed by atoms with Crippen molar-refractivity contribution in [2.24, 2.45) is 5.84 Å². The smallest absolute Gasteiger partial charge is 0.248 e. The maximum Gasteiger partial charge on any atom is 0.248 e. The predicted octanol–water partition coefficient (Wildman–Crippen LogP) is -0.465. The second-order valence-electron chi connectivity index (χ2n) is 4.99. The third-order valence-corrected chi connectivity index (χ3v) is 3.82. The maximum atomic E-state index is 11.3. The highest BCUT2D eigenvalue weighted by molar-refractivity contribution is 5.77. The van der Waals surface area contributed by atoms with Gasteiger partial charge >= 0.3 is 0 Å². The third-order valence-electron chi connectivity index (χ3n) is 3.82. The number of nitrogens with one attached hydrogen (secondary N) is 1. The van der Waals surface area contributed by atoms with Crippen LogP contribution in [-0.2, 0) is 4.79 Å². The molecule has 1 amide bonds. The van der Waals surface area contributed by atoms with Gasteiger partial charge in [-0.2, -0.15) is 0 Å². The van der Waals surface area contributed by atoms with Gasteiger partial charge < -0.3 is 0 Å². The minimum absolute atomic E-state index is 0.0869. The molecule has 0 aromatic heterocycles. The molecule has 0 bridgehead atoms. The number of carbonyl (C=O) groups is 1. The first-order chi connectivity index (χ1) is 7.70. The van der Waals surface area contributed by atoms with Gasteiger partial charge in [0, 0.05) is 25.2 Å². The molecule has 2 fully saturated rings.